The monoisotopic (exact) mass is 506 g/mol. The zero-order valence-electron chi connectivity index (χ0n) is 18.1. The van der Waals surface area contributed by atoms with Crippen molar-refractivity contribution in [2.45, 2.75) is 12.3 Å². The Bertz CT molecular complexity index is 1190. The molecule has 0 radical (unpaired) electrons. The number of carbonyl (C=O) groups excluding carboxylic acids is 1. The summed E-state index contributed by atoms with van der Waals surface area (Å²) < 4.78 is 43.1. The fraction of sp³-hybridized carbons (Fsp3) is 0.250. The van der Waals surface area contributed by atoms with E-state index in [0.29, 0.717) is 36.5 Å². The standard InChI is InChI=1S/C24H22ClF3N4OS/c1-2-15(9-14-3-4-17(25)18(26)10-14)21-13-34-24(30-21)31-23(33)22-19(27)11-16(12-20(22)28)32-7-5-29-6-8-32/h2-4,10-13,15,29H,1,5-9H2,(H,30,31,33)/t15-/m0/s1. The van der Waals surface area contributed by atoms with Crippen LogP contribution in [0.5, 0.6) is 0 Å². The summed E-state index contributed by atoms with van der Waals surface area (Å²) >= 11 is 6.86. The van der Waals surface area contributed by atoms with Crippen molar-refractivity contribution in [3.8, 4) is 0 Å². The lowest BCUT2D eigenvalue weighted by atomic mass is 9.97. The van der Waals surface area contributed by atoms with Gasteiger partial charge in [-0.2, -0.15) is 0 Å². The highest BCUT2D eigenvalue weighted by Crippen LogP contribution is 2.29. The maximum atomic E-state index is 14.7. The molecule has 1 atom stereocenters. The first-order valence-corrected chi connectivity index (χ1v) is 11.9. The molecule has 1 fully saturated rings. The molecule has 1 aliphatic heterocycles. The van der Waals surface area contributed by atoms with Crippen LogP contribution in [-0.4, -0.2) is 37.1 Å². The van der Waals surface area contributed by atoms with Crippen molar-refractivity contribution in [3.05, 3.63) is 87.7 Å². The molecule has 2 aromatic carbocycles. The summed E-state index contributed by atoms with van der Waals surface area (Å²) in [5, 5.41) is 7.60. The molecule has 0 saturated carbocycles. The zero-order valence-corrected chi connectivity index (χ0v) is 19.7. The molecule has 10 heteroatoms. The number of aromatic nitrogens is 1. The van der Waals surface area contributed by atoms with Crippen LogP contribution in [0.15, 0.2) is 48.4 Å². The molecule has 0 unspecified atom stereocenters. The number of piperazine rings is 1. The fourth-order valence-corrected chi connectivity index (χ4v) is 4.67. The van der Waals surface area contributed by atoms with Gasteiger partial charge in [0.05, 0.1) is 10.7 Å². The van der Waals surface area contributed by atoms with E-state index in [-0.39, 0.29) is 16.1 Å². The molecule has 34 heavy (non-hydrogen) atoms. The number of anilines is 2. The quantitative estimate of drug-likeness (QED) is 0.422. The molecule has 178 valence electrons. The van der Waals surface area contributed by atoms with Crippen molar-refractivity contribution in [2.24, 2.45) is 0 Å². The van der Waals surface area contributed by atoms with Crippen LogP contribution in [0, 0.1) is 17.5 Å². The molecule has 0 bridgehead atoms. The van der Waals surface area contributed by atoms with Crippen LogP contribution in [-0.2, 0) is 6.42 Å². The van der Waals surface area contributed by atoms with E-state index < -0.39 is 28.9 Å². The largest absolute Gasteiger partial charge is 0.369 e. The van der Waals surface area contributed by atoms with Gasteiger partial charge in [-0.3, -0.25) is 10.1 Å². The summed E-state index contributed by atoms with van der Waals surface area (Å²) in [6, 6.07) is 6.90. The summed E-state index contributed by atoms with van der Waals surface area (Å²) in [5.41, 5.74) is 1.05. The van der Waals surface area contributed by atoms with Crippen molar-refractivity contribution >= 4 is 39.7 Å². The zero-order chi connectivity index (χ0) is 24.2. The molecule has 1 saturated heterocycles. The van der Waals surface area contributed by atoms with Crippen molar-refractivity contribution < 1.29 is 18.0 Å². The predicted octanol–water partition coefficient (Wildman–Crippen LogP) is 5.39. The molecule has 1 aromatic heterocycles. The Balaban J connectivity index is 1.47. The van der Waals surface area contributed by atoms with E-state index in [1.807, 2.05) is 4.90 Å². The first-order chi connectivity index (χ1) is 16.4. The second-order valence-electron chi connectivity index (χ2n) is 7.85. The summed E-state index contributed by atoms with van der Waals surface area (Å²) in [5.74, 6) is -3.56. The number of benzene rings is 2. The van der Waals surface area contributed by atoms with Gasteiger partial charge >= 0.3 is 0 Å². The molecular formula is C24H22ClF3N4OS. The van der Waals surface area contributed by atoms with Gasteiger partial charge in [-0.1, -0.05) is 23.7 Å². The van der Waals surface area contributed by atoms with Gasteiger partial charge in [0, 0.05) is 43.2 Å². The van der Waals surface area contributed by atoms with Crippen LogP contribution >= 0.6 is 22.9 Å². The SMILES string of the molecule is C=C[C@@H](Cc1ccc(Cl)c(F)c1)c1csc(NC(=O)c2c(F)cc(N3CCNCC3)cc2F)n1. The van der Waals surface area contributed by atoms with Gasteiger partial charge in [0.15, 0.2) is 5.13 Å². The highest BCUT2D eigenvalue weighted by atomic mass is 35.5. The third-order valence-electron chi connectivity index (χ3n) is 5.58. The second kappa shape index (κ2) is 10.6. The van der Waals surface area contributed by atoms with Gasteiger partial charge in [0.1, 0.15) is 23.0 Å². The Kier molecular flexibility index (Phi) is 7.55. The average molecular weight is 507 g/mol. The van der Waals surface area contributed by atoms with Gasteiger partial charge in [0.25, 0.3) is 5.91 Å². The normalized spacial score (nSPS) is 14.6. The van der Waals surface area contributed by atoms with E-state index in [0.717, 1.165) is 24.4 Å². The molecule has 5 nitrogen and oxygen atoms in total. The Morgan fingerprint density at radius 1 is 1.21 bits per heavy atom. The Morgan fingerprint density at radius 3 is 2.56 bits per heavy atom. The molecule has 0 spiro atoms. The molecule has 1 aliphatic rings. The van der Waals surface area contributed by atoms with E-state index in [2.05, 4.69) is 22.2 Å². The number of rotatable bonds is 7. The summed E-state index contributed by atoms with van der Waals surface area (Å²) in [6.45, 7) is 6.50. The molecule has 0 aliphatic carbocycles. The first-order valence-electron chi connectivity index (χ1n) is 10.6. The molecule has 1 amide bonds. The third kappa shape index (κ3) is 5.43. The van der Waals surface area contributed by atoms with Crippen LogP contribution in [0.1, 0.15) is 27.5 Å². The maximum Gasteiger partial charge on any atom is 0.263 e. The summed E-state index contributed by atoms with van der Waals surface area (Å²) in [4.78, 5) is 18.9. The number of halogens is 4. The minimum absolute atomic E-state index is 0.0398. The van der Waals surface area contributed by atoms with Gasteiger partial charge < -0.3 is 10.2 Å². The smallest absolute Gasteiger partial charge is 0.263 e. The molecule has 4 rings (SSSR count). The molecule has 3 aromatic rings. The van der Waals surface area contributed by atoms with Gasteiger partial charge in [0.2, 0.25) is 0 Å². The highest BCUT2D eigenvalue weighted by molar-refractivity contribution is 7.14. The third-order valence-corrected chi connectivity index (χ3v) is 6.67. The van der Waals surface area contributed by atoms with E-state index in [1.165, 1.54) is 24.3 Å². The number of nitrogens with zero attached hydrogens (tertiary/aromatic N) is 2. The summed E-state index contributed by atoms with van der Waals surface area (Å²) in [7, 11) is 0. The second-order valence-corrected chi connectivity index (χ2v) is 9.11. The average Bonchev–Trinajstić information content (AvgIpc) is 3.28. The van der Waals surface area contributed by atoms with Gasteiger partial charge in [-0.25, -0.2) is 18.2 Å². The lowest BCUT2D eigenvalue weighted by Crippen LogP contribution is -2.43. The number of amides is 1. The van der Waals surface area contributed by atoms with Gasteiger partial charge in [-0.15, -0.1) is 17.9 Å². The first kappa shape index (κ1) is 24.3. The molecule has 2 N–H and O–H groups in total. The van der Waals surface area contributed by atoms with Crippen molar-refractivity contribution in [1.82, 2.24) is 10.3 Å². The number of allylic oxidation sites excluding steroid dienone is 1. The maximum absolute atomic E-state index is 14.7. The Labute approximate surface area is 204 Å². The van der Waals surface area contributed by atoms with Crippen LogP contribution in [0.3, 0.4) is 0 Å². The van der Waals surface area contributed by atoms with Crippen molar-refractivity contribution in [1.29, 1.82) is 0 Å². The Morgan fingerprint density at radius 2 is 1.91 bits per heavy atom. The highest BCUT2D eigenvalue weighted by Gasteiger charge is 2.23. The van der Waals surface area contributed by atoms with Crippen molar-refractivity contribution in [3.63, 3.8) is 0 Å². The molecular weight excluding hydrogens is 485 g/mol. The van der Waals surface area contributed by atoms with E-state index in [1.54, 1.807) is 17.5 Å². The fourth-order valence-electron chi connectivity index (χ4n) is 3.78. The number of hydrogen-bond acceptors (Lipinski definition) is 5. The van der Waals surface area contributed by atoms with Crippen LogP contribution in [0.25, 0.3) is 0 Å². The molecule has 2 heterocycles. The van der Waals surface area contributed by atoms with Crippen molar-refractivity contribution in [2.75, 3.05) is 36.4 Å². The minimum Gasteiger partial charge on any atom is -0.369 e. The number of hydrogen-bond donors (Lipinski definition) is 2. The van der Waals surface area contributed by atoms with Crippen LogP contribution in [0.2, 0.25) is 5.02 Å². The number of nitrogens with one attached hydrogen (secondary N) is 2. The lowest BCUT2D eigenvalue weighted by molar-refractivity contribution is 0.101. The minimum atomic E-state index is -0.934. The predicted molar refractivity (Wildman–Crippen MR) is 130 cm³/mol. The van der Waals surface area contributed by atoms with Gasteiger partial charge in [-0.05, 0) is 36.2 Å². The van der Waals surface area contributed by atoms with Crippen LogP contribution in [0.4, 0.5) is 24.0 Å². The van der Waals surface area contributed by atoms with Crippen LogP contribution < -0.4 is 15.5 Å². The Hall–Kier alpha value is -2.88. The van der Waals surface area contributed by atoms with E-state index >= 15 is 0 Å². The lowest BCUT2D eigenvalue weighted by Gasteiger charge is -2.29. The number of thiazole rings is 1. The van der Waals surface area contributed by atoms with E-state index in [4.69, 9.17) is 11.6 Å². The van der Waals surface area contributed by atoms with E-state index in [9.17, 15) is 18.0 Å². The summed E-state index contributed by atoms with van der Waals surface area (Å²) in [6.07, 6.45) is 2.09. The topological polar surface area (TPSA) is 57.3 Å². The number of carbonyl (C=O) groups is 1.